The molecule has 2 aromatic rings. The topological polar surface area (TPSA) is 34.9 Å². The monoisotopic (exact) mass is 220 g/mol. The minimum absolute atomic E-state index is 0.0423. The Hall–Kier alpha value is -1.61. The maximum atomic E-state index is 11.4. The highest BCUT2D eigenvalue weighted by Gasteiger charge is 1.98. The normalized spacial score (nSPS) is 10.2. The molecular formula is C11H9ClN2O. The summed E-state index contributed by atoms with van der Waals surface area (Å²) in [5.41, 5.74) is 0.732. The van der Waals surface area contributed by atoms with Crippen molar-refractivity contribution in [2.45, 2.75) is 6.54 Å². The van der Waals surface area contributed by atoms with Gasteiger partial charge in [0.2, 0.25) is 0 Å². The average molecular weight is 221 g/mol. The molecule has 0 aliphatic heterocycles. The third kappa shape index (κ3) is 2.44. The van der Waals surface area contributed by atoms with E-state index in [0.717, 1.165) is 5.69 Å². The second kappa shape index (κ2) is 4.28. The fraction of sp³-hybridized carbons (Fsp3) is 0.0909. The molecule has 0 saturated carbocycles. The Bertz CT molecular complexity index is 522. The Balaban J connectivity index is 2.30. The fourth-order valence-corrected chi connectivity index (χ4v) is 1.49. The zero-order valence-electron chi connectivity index (χ0n) is 7.93. The Labute approximate surface area is 92.0 Å². The van der Waals surface area contributed by atoms with E-state index >= 15 is 0 Å². The number of halogens is 1. The molecule has 0 fully saturated rings. The van der Waals surface area contributed by atoms with Crippen molar-refractivity contribution in [1.29, 1.82) is 0 Å². The van der Waals surface area contributed by atoms with E-state index in [-0.39, 0.29) is 5.56 Å². The Morgan fingerprint density at radius 2 is 2.07 bits per heavy atom. The molecule has 2 rings (SSSR count). The molecular weight excluding hydrogens is 212 g/mol. The highest BCUT2D eigenvalue weighted by molar-refractivity contribution is 6.29. The molecule has 0 unspecified atom stereocenters. The van der Waals surface area contributed by atoms with Gasteiger partial charge >= 0.3 is 0 Å². The van der Waals surface area contributed by atoms with Crippen LogP contribution in [0.5, 0.6) is 0 Å². The van der Waals surface area contributed by atoms with E-state index in [4.69, 9.17) is 11.6 Å². The van der Waals surface area contributed by atoms with Gasteiger partial charge in [0.15, 0.2) is 0 Å². The number of pyridine rings is 2. The van der Waals surface area contributed by atoms with E-state index < -0.39 is 0 Å². The molecule has 0 radical (unpaired) electrons. The van der Waals surface area contributed by atoms with Crippen molar-refractivity contribution in [3.63, 3.8) is 0 Å². The van der Waals surface area contributed by atoms with E-state index in [1.54, 1.807) is 22.9 Å². The van der Waals surface area contributed by atoms with Crippen LogP contribution in [0.4, 0.5) is 0 Å². The molecule has 0 aliphatic rings. The lowest BCUT2D eigenvalue weighted by molar-refractivity contribution is 0.739. The Kier molecular flexibility index (Phi) is 2.83. The van der Waals surface area contributed by atoms with Gasteiger partial charge < -0.3 is 4.57 Å². The van der Waals surface area contributed by atoms with Crippen LogP contribution in [0.15, 0.2) is 47.4 Å². The van der Waals surface area contributed by atoms with Gasteiger partial charge in [-0.2, -0.15) is 0 Å². The van der Waals surface area contributed by atoms with E-state index in [1.165, 1.54) is 6.07 Å². The lowest BCUT2D eigenvalue weighted by Crippen LogP contribution is -2.18. The van der Waals surface area contributed by atoms with Crippen molar-refractivity contribution in [2.24, 2.45) is 0 Å². The summed E-state index contributed by atoms with van der Waals surface area (Å²) in [6, 6.07) is 10.4. The Morgan fingerprint density at radius 1 is 1.20 bits per heavy atom. The fourth-order valence-electron chi connectivity index (χ4n) is 1.30. The maximum absolute atomic E-state index is 11.4. The van der Waals surface area contributed by atoms with E-state index in [0.29, 0.717) is 11.7 Å². The van der Waals surface area contributed by atoms with Crippen LogP contribution in [0.3, 0.4) is 0 Å². The van der Waals surface area contributed by atoms with Crippen molar-refractivity contribution in [3.8, 4) is 0 Å². The van der Waals surface area contributed by atoms with Gasteiger partial charge in [0.25, 0.3) is 5.56 Å². The summed E-state index contributed by atoms with van der Waals surface area (Å²) >= 11 is 5.75. The SMILES string of the molecule is O=c1ccccn1Cc1cccc(Cl)n1. The quantitative estimate of drug-likeness (QED) is 0.725. The maximum Gasteiger partial charge on any atom is 0.250 e. The molecule has 0 amide bonds. The molecule has 3 nitrogen and oxygen atoms in total. The second-order valence-corrected chi connectivity index (χ2v) is 3.51. The molecule has 0 atom stereocenters. The standard InChI is InChI=1S/C11H9ClN2O/c12-10-5-3-4-9(13-10)8-14-7-2-1-6-11(14)15/h1-7H,8H2. The summed E-state index contributed by atoms with van der Waals surface area (Å²) in [5.74, 6) is 0. The lowest BCUT2D eigenvalue weighted by atomic mass is 10.3. The molecule has 0 aromatic carbocycles. The molecule has 0 saturated heterocycles. The van der Waals surface area contributed by atoms with Gasteiger partial charge in [-0.25, -0.2) is 4.98 Å². The van der Waals surface area contributed by atoms with E-state index in [2.05, 4.69) is 4.98 Å². The average Bonchev–Trinajstić information content (AvgIpc) is 2.22. The Morgan fingerprint density at radius 3 is 2.80 bits per heavy atom. The summed E-state index contributed by atoms with van der Waals surface area (Å²) in [7, 11) is 0. The minimum atomic E-state index is -0.0423. The van der Waals surface area contributed by atoms with Gasteiger partial charge in [-0.15, -0.1) is 0 Å². The molecule has 2 aromatic heterocycles. The number of hydrogen-bond acceptors (Lipinski definition) is 2. The molecule has 15 heavy (non-hydrogen) atoms. The molecule has 2 heterocycles. The summed E-state index contributed by atoms with van der Waals surface area (Å²) < 4.78 is 1.58. The summed E-state index contributed by atoms with van der Waals surface area (Å²) in [6.45, 7) is 0.445. The van der Waals surface area contributed by atoms with Crippen LogP contribution in [0.1, 0.15) is 5.69 Å². The number of rotatable bonds is 2. The summed E-state index contributed by atoms with van der Waals surface area (Å²) in [5, 5.41) is 0.441. The molecule has 76 valence electrons. The molecule has 4 heteroatoms. The molecule has 0 N–H and O–H groups in total. The van der Waals surface area contributed by atoms with Crippen LogP contribution in [0, 0.1) is 0 Å². The molecule has 0 bridgehead atoms. The predicted octanol–water partition coefficient (Wildman–Crippen LogP) is 1.94. The van der Waals surface area contributed by atoms with Crippen LogP contribution in [0.25, 0.3) is 0 Å². The van der Waals surface area contributed by atoms with Crippen LogP contribution in [-0.2, 0) is 6.54 Å². The van der Waals surface area contributed by atoms with Gasteiger partial charge in [0, 0.05) is 12.3 Å². The number of aromatic nitrogens is 2. The van der Waals surface area contributed by atoms with Gasteiger partial charge in [0.05, 0.1) is 12.2 Å². The summed E-state index contributed by atoms with van der Waals surface area (Å²) in [4.78, 5) is 15.5. The van der Waals surface area contributed by atoms with Crippen LogP contribution >= 0.6 is 11.6 Å². The highest BCUT2D eigenvalue weighted by Crippen LogP contribution is 2.05. The third-order valence-electron chi connectivity index (χ3n) is 2.00. The van der Waals surface area contributed by atoms with Crippen molar-refractivity contribution in [3.05, 3.63) is 63.8 Å². The number of hydrogen-bond donors (Lipinski definition) is 0. The molecule has 0 spiro atoms. The van der Waals surface area contributed by atoms with E-state index in [9.17, 15) is 4.79 Å². The minimum Gasteiger partial charge on any atom is -0.310 e. The second-order valence-electron chi connectivity index (χ2n) is 3.12. The first kappa shape index (κ1) is 9.93. The largest absolute Gasteiger partial charge is 0.310 e. The van der Waals surface area contributed by atoms with Crippen molar-refractivity contribution in [2.75, 3.05) is 0 Å². The van der Waals surface area contributed by atoms with Crippen molar-refractivity contribution in [1.82, 2.24) is 9.55 Å². The smallest absolute Gasteiger partial charge is 0.250 e. The van der Waals surface area contributed by atoms with Gasteiger partial charge in [-0.05, 0) is 18.2 Å². The first-order valence-electron chi connectivity index (χ1n) is 4.52. The summed E-state index contributed by atoms with van der Waals surface area (Å²) in [6.07, 6.45) is 1.73. The van der Waals surface area contributed by atoms with Gasteiger partial charge in [0.1, 0.15) is 5.15 Å². The molecule has 0 aliphatic carbocycles. The van der Waals surface area contributed by atoms with E-state index in [1.807, 2.05) is 18.2 Å². The zero-order chi connectivity index (χ0) is 10.7. The highest BCUT2D eigenvalue weighted by atomic mass is 35.5. The van der Waals surface area contributed by atoms with Crippen LogP contribution in [-0.4, -0.2) is 9.55 Å². The van der Waals surface area contributed by atoms with Crippen molar-refractivity contribution < 1.29 is 0 Å². The lowest BCUT2D eigenvalue weighted by Gasteiger charge is -2.04. The van der Waals surface area contributed by atoms with Crippen LogP contribution < -0.4 is 5.56 Å². The van der Waals surface area contributed by atoms with Crippen molar-refractivity contribution >= 4 is 11.6 Å². The first-order valence-corrected chi connectivity index (χ1v) is 4.90. The predicted molar refractivity (Wildman–Crippen MR) is 59.1 cm³/mol. The third-order valence-corrected chi connectivity index (χ3v) is 2.21. The van der Waals surface area contributed by atoms with Crippen LogP contribution in [0.2, 0.25) is 5.15 Å². The van der Waals surface area contributed by atoms with Gasteiger partial charge in [-0.1, -0.05) is 23.7 Å². The first-order chi connectivity index (χ1) is 7.25. The zero-order valence-corrected chi connectivity index (χ0v) is 8.69. The van der Waals surface area contributed by atoms with Gasteiger partial charge in [-0.3, -0.25) is 4.79 Å². The number of nitrogens with zero attached hydrogens (tertiary/aromatic N) is 2.